The molecule has 0 spiro atoms. The highest BCUT2D eigenvalue weighted by Crippen LogP contribution is 2.22. The molecule has 3 atom stereocenters. The molecule has 2 unspecified atom stereocenters. The first-order chi connectivity index (χ1) is 8.16. The first-order valence-corrected chi connectivity index (χ1v) is 6.67. The summed E-state index contributed by atoms with van der Waals surface area (Å²) < 4.78 is 0. The second-order valence-electron chi connectivity index (χ2n) is 5.26. The maximum atomic E-state index is 9.95. The summed E-state index contributed by atoms with van der Waals surface area (Å²) in [5.41, 5.74) is 2.59. The van der Waals surface area contributed by atoms with Gasteiger partial charge < -0.3 is 10.4 Å². The zero-order valence-electron chi connectivity index (χ0n) is 10.8. The standard InChI is InChI=1S/C15H23NO/c1-11-7-9-13(10-8-11)12(2)16-14-5-3-4-6-15(14)17/h7-10,12,14-17H,3-6H2,1-2H3/t12-,14?,15?/m0/s1. The second-order valence-corrected chi connectivity index (χ2v) is 5.26. The highest BCUT2D eigenvalue weighted by molar-refractivity contribution is 5.23. The highest BCUT2D eigenvalue weighted by atomic mass is 16.3. The van der Waals surface area contributed by atoms with Crippen LogP contribution < -0.4 is 5.32 Å². The van der Waals surface area contributed by atoms with E-state index in [0.717, 1.165) is 19.3 Å². The first-order valence-electron chi connectivity index (χ1n) is 6.67. The van der Waals surface area contributed by atoms with Crippen LogP contribution in [0, 0.1) is 6.92 Å². The van der Waals surface area contributed by atoms with E-state index in [-0.39, 0.29) is 12.1 Å². The molecule has 0 amide bonds. The van der Waals surface area contributed by atoms with Gasteiger partial charge in [0.2, 0.25) is 0 Å². The summed E-state index contributed by atoms with van der Waals surface area (Å²) in [6.07, 6.45) is 4.26. The quantitative estimate of drug-likeness (QED) is 0.841. The van der Waals surface area contributed by atoms with Crippen LogP contribution in [0.3, 0.4) is 0 Å². The molecule has 0 saturated heterocycles. The summed E-state index contributed by atoms with van der Waals surface area (Å²) in [7, 11) is 0. The van der Waals surface area contributed by atoms with E-state index >= 15 is 0 Å². The van der Waals surface area contributed by atoms with Crippen molar-refractivity contribution in [3.8, 4) is 0 Å². The smallest absolute Gasteiger partial charge is 0.0693 e. The number of nitrogens with one attached hydrogen (secondary N) is 1. The molecular weight excluding hydrogens is 210 g/mol. The molecule has 94 valence electrons. The predicted molar refractivity (Wildman–Crippen MR) is 71.0 cm³/mol. The summed E-state index contributed by atoms with van der Waals surface area (Å²) in [6, 6.07) is 9.20. The third-order valence-corrected chi connectivity index (χ3v) is 3.77. The Bertz CT molecular complexity index is 346. The number of hydrogen-bond donors (Lipinski definition) is 2. The number of rotatable bonds is 3. The third-order valence-electron chi connectivity index (χ3n) is 3.77. The molecule has 1 aromatic carbocycles. The lowest BCUT2D eigenvalue weighted by Gasteiger charge is -2.31. The van der Waals surface area contributed by atoms with Crippen molar-refractivity contribution in [3.05, 3.63) is 35.4 Å². The fourth-order valence-electron chi connectivity index (χ4n) is 2.58. The maximum Gasteiger partial charge on any atom is 0.0693 e. The fourth-order valence-corrected chi connectivity index (χ4v) is 2.58. The van der Waals surface area contributed by atoms with Crippen LogP contribution in [0.4, 0.5) is 0 Å². The average Bonchev–Trinajstić information content (AvgIpc) is 2.33. The van der Waals surface area contributed by atoms with Crippen LogP contribution in [0.5, 0.6) is 0 Å². The van der Waals surface area contributed by atoms with Crippen LogP contribution >= 0.6 is 0 Å². The minimum Gasteiger partial charge on any atom is -0.392 e. The van der Waals surface area contributed by atoms with Crippen molar-refractivity contribution >= 4 is 0 Å². The monoisotopic (exact) mass is 233 g/mol. The van der Waals surface area contributed by atoms with Crippen LogP contribution in [-0.2, 0) is 0 Å². The Kier molecular flexibility index (Phi) is 4.19. The molecule has 1 aromatic rings. The van der Waals surface area contributed by atoms with Gasteiger partial charge in [-0.25, -0.2) is 0 Å². The van der Waals surface area contributed by atoms with Crippen molar-refractivity contribution in [2.24, 2.45) is 0 Å². The molecular formula is C15H23NO. The van der Waals surface area contributed by atoms with E-state index in [4.69, 9.17) is 0 Å². The molecule has 2 heteroatoms. The minimum absolute atomic E-state index is 0.170. The molecule has 1 aliphatic carbocycles. The van der Waals surface area contributed by atoms with Crippen LogP contribution in [0.15, 0.2) is 24.3 Å². The van der Waals surface area contributed by atoms with Gasteiger partial charge in [0.15, 0.2) is 0 Å². The Hall–Kier alpha value is -0.860. The van der Waals surface area contributed by atoms with Gasteiger partial charge in [0.05, 0.1) is 6.10 Å². The molecule has 0 radical (unpaired) electrons. The lowest BCUT2D eigenvalue weighted by Crippen LogP contribution is -2.43. The van der Waals surface area contributed by atoms with Gasteiger partial charge in [0.1, 0.15) is 0 Å². The SMILES string of the molecule is Cc1ccc([C@H](C)NC2CCCCC2O)cc1. The van der Waals surface area contributed by atoms with E-state index < -0.39 is 0 Å². The van der Waals surface area contributed by atoms with E-state index in [1.54, 1.807) is 0 Å². The summed E-state index contributed by atoms with van der Waals surface area (Å²) in [4.78, 5) is 0. The third kappa shape index (κ3) is 3.30. The minimum atomic E-state index is -0.170. The van der Waals surface area contributed by atoms with E-state index in [2.05, 4.69) is 43.4 Å². The fraction of sp³-hybridized carbons (Fsp3) is 0.600. The van der Waals surface area contributed by atoms with Crippen molar-refractivity contribution in [3.63, 3.8) is 0 Å². The largest absolute Gasteiger partial charge is 0.392 e. The molecule has 1 saturated carbocycles. The molecule has 17 heavy (non-hydrogen) atoms. The number of aliphatic hydroxyl groups excluding tert-OH is 1. The van der Waals surface area contributed by atoms with E-state index in [0.29, 0.717) is 6.04 Å². The topological polar surface area (TPSA) is 32.3 Å². The Labute approximate surface area is 104 Å². The second kappa shape index (κ2) is 5.65. The normalized spacial score (nSPS) is 26.8. The van der Waals surface area contributed by atoms with Gasteiger partial charge in [-0.15, -0.1) is 0 Å². The van der Waals surface area contributed by atoms with E-state index in [9.17, 15) is 5.11 Å². The number of hydrogen-bond acceptors (Lipinski definition) is 2. The predicted octanol–water partition coefficient (Wildman–Crippen LogP) is 2.95. The Morgan fingerprint density at radius 2 is 1.82 bits per heavy atom. The highest BCUT2D eigenvalue weighted by Gasteiger charge is 2.24. The molecule has 2 rings (SSSR count). The molecule has 0 heterocycles. The molecule has 1 fully saturated rings. The zero-order valence-corrected chi connectivity index (χ0v) is 10.8. The summed E-state index contributed by atoms with van der Waals surface area (Å²) >= 11 is 0. The van der Waals surface area contributed by atoms with Gasteiger partial charge in [-0.3, -0.25) is 0 Å². The average molecular weight is 233 g/mol. The molecule has 0 aromatic heterocycles. The molecule has 0 aliphatic heterocycles. The first kappa shape index (κ1) is 12.6. The lowest BCUT2D eigenvalue weighted by atomic mass is 9.91. The number of aryl methyl sites for hydroxylation is 1. The Morgan fingerprint density at radius 3 is 2.47 bits per heavy atom. The van der Waals surface area contributed by atoms with Crippen molar-refractivity contribution in [2.45, 2.75) is 57.7 Å². The zero-order chi connectivity index (χ0) is 12.3. The van der Waals surface area contributed by atoms with Gasteiger partial charge >= 0.3 is 0 Å². The van der Waals surface area contributed by atoms with Crippen LogP contribution in [0.25, 0.3) is 0 Å². The van der Waals surface area contributed by atoms with Crippen LogP contribution in [0.2, 0.25) is 0 Å². The molecule has 2 N–H and O–H groups in total. The molecule has 0 bridgehead atoms. The maximum absolute atomic E-state index is 9.95. The van der Waals surface area contributed by atoms with Gasteiger partial charge in [-0.1, -0.05) is 42.7 Å². The van der Waals surface area contributed by atoms with E-state index in [1.165, 1.54) is 17.5 Å². The summed E-state index contributed by atoms with van der Waals surface area (Å²) in [5.74, 6) is 0. The number of aliphatic hydroxyl groups is 1. The lowest BCUT2D eigenvalue weighted by molar-refractivity contribution is 0.0860. The molecule has 2 nitrogen and oxygen atoms in total. The van der Waals surface area contributed by atoms with Crippen molar-refractivity contribution < 1.29 is 5.11 Å². The van der Waals surface area contributed by atoms with Crippen LogP contribution in [-0.4, -0.2) is 17.3 Å². The Morgan fingerprint density at radius 1 is 1.18 bits per heavy atom. The van der Waals surface area contributed by atoms with Crippen molar-refractivity contribution in [1.82, 2.24) is 5.32 Å². The van der Waals surface area contributed by atoms with Crippen molar-refractivity contribution in [1.29, 1.82) is 0 Å². The van der Waals surface area contributed by atoms with Gasteiger partial charge in [0.25, 0.3) is 0 Å². The van der Waals surface area contributed by atoms with Crippen LogP contribution in [0.1, 0.15) is 49.8 Å². The Balaban J connectivity index is 1.95. The van der Waals surface area contributed by atoms with Crippen molar-refractivity contribution in [2.75, 3.05) is 0 Å². The number of benzene rings is 1. The van der Waals surface area contributed by atoms with Gasteiger partial charge in [-0.2, -0.15) is 0 Å². The van der Waals surface area contributed by atoms with E-state index in [1.807, 2.05) is 0 Å². The summed E-state index contributed by atoms with van der Waals surface area (Å²) in [6.45, 7) is 4.28. The molecule has 1 aliphatic rings. The van der Waals surface area contributed by atoms with Gasteiger partial charge in [0, 0.05) is 12.1 Å². The van der Waals surface area contributed by atoms with Gasteiger partial charge in [-0.05, 0) is 32.3 Å². The summed E-state index contributed by atoms with van der Waals surface area (Å²) in [5, 5.41) is 13.5.